The number of nitrogens with zero attached hydrogens (tertiary/aromatic N) is 1. The maximum Gasteiger partial charge on any atom is 0.289 e. The number of nitro groups is 1. The van der Waals surface area contributed by atoms with Crippen molar-refractivity contribution in [2.45, 2.75) is 44.6 Å². The average Bonchev–Trinajstić information content (AvgIpc) is 2.37. The average molecular weight is 315 g/mol. The maximum absolute atomic E-state index is 12.3. The fourth-order valence-electron chi connectivity index (χ4n) is 2.04. The molecule has 0 saturated carbocycles. The van der Waals surface area contributed by atoms with E-state index in [2.05, 4.69) is 4.72 Å². The summed E-state index contributed by atoms with van der Waals surface area (Å²) >= 11 is 0. The number of nitrogen functional groups attached to an aromatic ring is 1. The zero-order chi connectivity index (χ0) is 16.2. The van der Waals surface area contributed by atoms with Crippen LogP contribution in [0.4, 0.5) is 11.4 Å². The molecule has 0 aliphatic carbocycles. The van der Waals surface area contributed by atoms with Crippen LogP contribution in [0.3, 0.4) is 0 Å². The number of hydrogen-bond acceptors (Lipinski definition) is 5. The fraction of sp³-hybridized carbons (Fsp3) is 0.538. The fourth-order valence-corrected chi connectivity index (χ4v) is 3.51. The van der Waals surface area contributed by atoms with Crippen LogP contribution in [-0.4, -0.2) is 19.4 Å². The van der Waals surface area contributed by atoms with Gasteiger partial charge in [0.25, 0.3) is 5.69 Å². The summed E-state index contributed by atoms with van der Waals surface area (Å²) in [4.78, 5) is 9.83. The van der Waals surface area contributed by atoms with E-state index in [1.54, 1.807) is 6.92 Å². The smallest absolute Gasteiger partial charge is 0.289 e. The van der Waals surface area contributed by atoms with Crippen LogP contribution in [0.15, 0.2) is 23.1 Å². The Morgan fingerprint density at radius 1 is 1.38 bits per heavy atom. The summed E-state index contributed by atoms with van der Waals surface area (Å²) in [6.07, 6.45) is 1.59. The molecule has 0 radical (unpaired) electrons. The monoisotopic (exact) mass is 315 g/mol. The molecule has 2 atom stereocenters. The molecule has 0 aliphatic heterocycles. The molecule has 8 heteroatoms. The van der Waals surface area contributed by atoms with E-state index in [-0.39, 0.29) is 11.7 Å². The zero-order valence-electron chi connectivity index (χ0n) is 12.4. The molecule has 0 heterocycles. The highest BCUT2D eigenvalue weighted by Gasteiger charge is 2.27. The number of sulfonamides is 1. The number of nitrogens with two attached hydrogens (primary N) is 1. The number of benzene rings is 1. The molecule has 1 aromatic rings. The van der Waals surface area contributed by atoms with Gasteiger partial charge < -0.3 is 5.73 Å². The summed E-state index contributed by atoms with van der Waals surface area (Å²) in [5.74, 6) is 0.360. The summed E-state index contributed by atoms with van der Waals surface area (Å²) in [7, 11) is -3.98. The third-order valence-electron chi connectivity index (χ3n) is 3.28. The van der Waals surface area contributed by atoms with Crippen LogP contribution in [0.2, 0.25) is 0 Å². The molecular weight excluding hydrogens is 294 g/mol. The highest BCUT2D eigenvalue weighted by Crippen LogP contribution is 2.26. The van der Waals surface area contributed by atoms with Gasteiger partial charge in [-0.2, -0.15) is 0 Å². The Balaban J connectivity index is 3.08. The number of nitrogens with one attached hydrogen (secondary N) is 1. The van der Waals surface area contributed by atoms with Crippen molar-refractivity contribution in [3.63, 3.8) is 0 Å². The topological polar surface area (TPSA) is 115 Å². The number of rotatable bonds is 7. The Morgan fingerprint density at radius 3 is 2.52 bits per heavy atom. The predicted octanol–water partition coefficient (Wildman–Crippen LogP) is 2.28. The first-order chi connectivity index (χ1) is 9.67. The van der Waals surface area contributed by atoms with E-state index < -0.39 is 25.5 Å². The standard InChI is InChI=1S/C13H21N3O4S/c1-4-9(2)7-10(3)15-21(19,20)13-8-11(14)5-6-12(13)16(17)18/h5-6,8-10,15H,4,7,14H2,1-3H3. The number of anilines is 1. The molecule has 0 aliphatic rings. The van der Waals surface area contributed by atoms with Crippen molar-refractivity contribution in [2.75, 3.05) is 5.73 Å². The molecule has 0 fully saturated rings. The van der Waals surface area contributed by atoms with Crippen molar-refractivity contribution in [1.29, 1.82) is 0 Å². The second-order valence-corrected chi connectivity index (χ2v) is 6.94. The molecule has 1 aromatic carbocycles. The molecular formula is C13H21N3O4S. The Labute approximate surface area is 124 Å². The second-order valence-electron chi connectivity index (χ2n) is 5.26. The van der Waals surface area contributed by atoms with Gasteiger partial charge in [0.2, 0.25) is 10.0 Å². The molecule has 7 nitrogen and oxygen atoms in total. The minimum Gasteiger partial charge on any atom is -0.399 e. The first-order valence-electron chi connectivity index (χ1n) is 6.73. The molecule has 0 spiro atoms. The van der Waals surface area contributed by atoms with Gasteiger partial charge in [-0.1, -0.05) is 20.3 Å². The van der Waals surface area contributed by atoms with Crippen molar-refractivity contribution >= 4 is 21.4 Å². The van der Waals surface area contributed by atoms with Crippen LogP contribution in [0.5, 0.6) is 0 Å². The van der Waals surface area contributed by atoms with Crippen LogP contribution in [0, 0.1) is 16.0 Å². The number of nitro benzene ring substituents is 1. The zero-order valence-corrected chi connectivity index (χ0v) is 13.2. The summed E-state index contributed by atoms with van der Waals surface area (Å²) < 4.78 is 27.1. The van der Waals surface area contributed by atoms with Gasteiger partial charge in [-0.3, -0.25) is 10.1 Å². The lowest BCUT2D eigenvalue weighted by atomic mass is 10.0. The summed E-state index contributed by atoms with van der Waals surface area (Å²) in [5.41, 5.74) is 5.23. The summed E-state index contributed by atoms with van der Waals surface area (Å²) in [6, 6.07) is 3.20. The second kappa shape index (κ2) is 6.86. The van der Waals surface area contributed by atoms with Crippen LogP contribution >= 0.6 is 0 Å². The third kappa shape index (κ3) is 4.68. The predicted molar refractivity (Wildman–Crippen MR) is 81.4 cm³/mol. The first-order valence-corrected chi connectivity index (χ1v) is 8.22. The SMILES string of the molecule is CCC(C)CC(C)NS(=O)(=O)c1cc(N)ccc1[N+](=O)[O-]. The van der Waals surface area contributed by atoms with Gasteiger partial charge in [0.05, 0.1) is 4.92 Å². The first kappa shape index (κ1) is 17.4. The lowest BCUT2D eigenvalue weighted by molar-refractivity contribution is -0.387. The molecule has 0 aromatic heterocycles. The third-order valence-corrected chi connectivity index (χ3v) is 4.90. The van der Waals surface area contributed by atoms with E-state index in [0.717, 1.165) is 18.6 Å². The van der Waals surface area contributed by atoms with Gasteiger partial charge in [0, 0.05) is 17.8 Å². The Morgan fingerprint density at radius 2 is 2.00 bits per heavy atom. The maximum atomic E-state index is 12.3. The van der Waals surface area contributed by atoms with E-state index in [1.165, 1.54) is 6.07 Å². The molecule has 0 bridgehead atoms. The Kier molecular flexibility index (Phi) is 5.68. The van der Waals surface area contributed by atoms with Crippen molar-refractivity contribution in [2.24, 2.45) is 5.92 Å². The summed E-state index contributed by atoms with van der Waals surface area (Å²) in [6.45, 7) is 5.78. The largest absolute Gasteiger partial charge is 0.399 e. The minimum atomic E-state index is -3.98. The van der Waals surface area contributed by atoms with Crippen LogP contribution in [0.25, 0.3) is 0 Å². The lowest BCUT2D eigenvalue weighted by Crippen LogP contribution is -2.34. The van der Waals surface area contributed by atoms with Gasteiger partial charge in [-0.05, 0) is 31.4 Å². The van der Waals surface area contributed by atoms with Gasteiger partial charge in [-0.15, -0.1) is 0 Å². The van der Waals surface area contributed by atoms with Gasteiger partial charge in [0.1, 0.15) is 0 Å². The quantitative estimate of drug-likeness (QED) is 0.455. The normalized spacial score (nSPS) is 14.6. The van der Waals surface area contributed by atoms with Crippen LogP contribution in [-0.2, 0) is 10.0 Å². The van der Waals surface area contributed by atoms with E-state index in [0.29, 0.717) is 12.3 Å². The van der Waals surface area contributed by atoms with Gasteiger partial charge in [-0.25, -0.2) is 13.1 Å². The van der Waals surface area contributed by atoms with Crippen LogP contribution in [0.1, 0.15) is 33.6 Å². The Hall–Kier alpha value is -1.67. The Bertz CT molecular complexity index is 616. The van der Waals surface area contributed by atoms with E-state index in [9.17, 15) is 18.5 Å². The molecule has 21 heavy (non-hydrogen) atoms. The molecule has 1 rings (SSSR count). The van der Waals surface area contributed by atoms with Crippen LogP contribution < -0.4 is 10.5 Å². The molecule has 0 saturated heterocycles. The lowest BCUT2D eigenvalue weighted by Gasteiger charge is -2.17. The number of hydrogen-bond donors (Lipinski definition) is 2. The van der Waals surface area contributed by atoms with Crippen molar-refractivity contribution < 1.29 is 13.3 Å². The van der Waals surface area contributed by atoms with E-state index in [1.807, 2.05) is 13.8 Å². The summed E-state index contributed by atoms with van der Waals surface area (Å²) in [5, 5.41) is 11.0. The highest BCUT2D eigenvalue weighted by molar-refractivity contribution is 7.89. The molecule has 2 unspecified atom stereocenters. The minimum absolute atomic E-state index is 0.163. The molecule has 118 valence electrons. The van der Waals surface area contributed by atoms with Gasteiger partial charge in [0.15, 0.2) is 4.90 Å². The van der Waals surface area contributed by atoms with E-state index in [4.69, 9.17) is 5.73 Å². The van der Waals surface area contributed by atoms with Crippen molar-refractivity contribution in [3.05, 3.63) is 28.3 Å². The highest BCUT2D eigenvalue weighted by atomic mass is 32.2. The molecule has 0 amide bonds. The van der Waals surface area contributed by atoms with Gasteiger partial charge >= 0.3 is 0 Å². The van der Waals surface area contributed by atoms with Crippen molar-refractivity contribution in [3.8, 4) is 0 Å². The molecule has 3 N–H and O–H groups in total. The van der Waals surface area contributed by atoms with E-state index >= 15 is 0 Å². The van der Waals surface area contributed by atoms with Crippen molar-refractivity contribution in [1.82, 2.24) is 4.72 Å².